The average Bonchev–Trinajstić information content (AvgIpc) is 3.45. The van der Waals surface area contributed by atoms with Crippen LogP contribution in [-0.4, -0.2) is 84.4 Å². The Balaban J connectivity index is 0.000000219. The third-order valence-corrected chi connectivity index (χ3v) is 6.57. The number of aliphatic hydroxyl groups is 1. The molecule has 1 amide bonds. The largest absolute Gasteiger partial charge is 0.387 e. The minimum Gasteiger partial charge on any atom is -0.387 e. The van der Waals surface area contributed by atoms with Crippen molar-refractivity contribution >= 4 is 34.4 Å². The zero-order valence-electron chi connectivity index (χ0n) is 21.3. The number of nitrogens with two attached hydrogens (primary N) is 1. The highest BCUT2D eigenvalue weighted by Gasteiger charge is 2.42. The van der Waals surface area contributed by atoms with Crippen LogP contribution >= 0.6 is 0 Å². The number of carbonyl (C=O) groups excluding carboxylic acids is 1. The van der Waals surface area contributed by atoms with E-state index in [1.165, 1.54) is 6.92 Å². The second kappa shape index (κ2) is 10.8. The summed E-state index contributed by atoms with van der Waals surface area (Å²) in [6.45, 7) is 2.15. The second-order valence-corrected chi connectivity index (χ2v) is 9.05. The molecule has 1 saturated heterocycles. The maximum atomic E-state index is 13.1. The summed E-state index contributed by atoms with van der Waals surface area (Å²) in [5.41, 5.74) is 9.51. The monoisotopic (exact) mass is 533 g/mol. The Hall–Kier alpha value is -3.94. The van der Waals surface area contributed by atoms with Crippen LogP contribution in [0.3, 0.4) is 0 Å². The number of nitrogen functional groups attached to an aromatic ring is 1. The summed E-state index contributed by atoms with van der Waals surface area (Å²) in [4.78, 5) is 25.3. The molecule has 14 heteroatoms. The fourth-order valence-corrected chi connectivity index (χ4v) is 4.40. The van der Waals surface area contributed by atoms with Crippen molar-refractivity contribution in [3.63, 3.8) is 0 Å². The Morgan fingerprint density at radius 2 is 2.03 bits per heavy atom. The number of halogens is 3. The molecule has 0 aromatic carbocycles. The second-order valence-electron chi connectivity index (χ2n) is 9.05. The molecule has 1 fully saturated rings. The lowest BCUT2D eigenvalue weighted by molar-refractivity contribution is -0.151. The molecule has 5 heterocycles. The number of piperidine rings is 1. The van der Waals surface area contributed by atoms with E-state index in [0.29, 0.717) is 24.4 Å². The minimum atomic E-state index is -2.82. The zero-order chi connectivity index (χ0) is 27.6. The maximum absolute atomic E-state index is 13.1. The Morgan fingerprint density at radius 3 is 2.68 bits per heavy atom. The van der Waals surface area contributed by atoms with Gasteiger partial charge in [0.1, 0.15) is 30.1 Å². The number of nitrogens with zero attached hydrogens (tertiary/aromatic N) is 7. The quantitative estimate of drug-likeness (QED) is 0.356. The van der Waals surface area contributed by atoms with Gasteiger partial charge >= 0.3 is 0 Å². The number of hydrogen-bond acceptors (Lipinski definition) is 8. The zero-order valence-corrected chi connectivity index (χ0v) is 21.3. The van der Waals surface area contributed by atoms with E-state index >= 15 is 0 Å². The third-order valence-electron chi connectivity index (χ3n) is 6.57. The third kappa shape index (κ3) is 5.21. The van der Waals surface area contributed by atoms with E-state index in [1.54, 1.807) is 22.3 Å². The Kier molecular flexibility index (Phi) is 7.71. The van der Waals surface area contributed by atoms with Crippen molar-refractivity contribution < 1.29 is 23.1 Å². The molecular weight excluding hydrogens is 503 g/mol. The van der Waals surface area contributed by atoms with E-state index in [0.717, 1.165) is 33.0 Å². The molecule has 4 N–H and O–H groups in total. The standard InChI is InChI=1S/C16H17FN8.C8H13F2NO2/c1-9-20-12-4-3-11(21-15(12)24(9)8-6-17)10-5-7-25-13(10)14(19-2)22-16(18)23-25;1-6-2-3-11(7(13)4-12)5-8(6,9)10/h3-5,7H,6,8H2,1-2H3,(H3,18,19,22,23);6,12H,2-5H2,1H3. The average molecular weight is 534 g/mol. The molecule has 5 rings (SSSR count). The number of anilines is 2. The van der Waals surface area contributed by atoms with Gasteiger partial charge in [-0.05, 0) is 31.5 Å². The summed E-state index contributed by atoms with van der Waals surface area (Å²) in [6, 6.07) is 5.68. The lowest BCUT2D eigenvalue weighted by Crippen LogP contribution is -2.50. The predicted molar refractivity (Wildman–Crippen MR) is 137 cm³/mol. The van der Waals surface area contributed by atoms with Crippen LogP contribution in [0, 0.1) is 12.8 Å². The number of hydrogen-bond donors (Lipinski definition) is 3. The van der Waals surface area contributed by atoms with Crippen LogP contribution in [0.25, 0.3) is 27.9 Å². The first kappa shape index (κ1) is 27.1. The molecular formula is C24H30F3N9O2. The Morgan fingerprint density at radius 1 is 1.26 bits per heavy atom. The number of rotatable bonds is 5. The van der Waals surface area contributed by atoms with Crippen LogP contribution in [-0.2, 0) is 11.3 Å². The van der Waals surface area contributed by atoms with Crippen LogP contribution in [0.2, 0.25) is 0 Å². The number of nitrogens with one attached hydrogen (secondary N) is 1. The highest BCUT2D eigenvalue weighted by atomic mass is 19.3. The molecule has 204 valence electrons. The van der Waals surface area contributed by atoms with Crippen molar-refractivity contribution in [1.82, 2.24) is 34.0 Å². The van der Waals surface area contributed by atoms with Crippen LogP contribution in [0.15, 0.2) is 24.4 Å². The molecule has 1 atom stereocenters. The van der Waals surface area contributed by atoms with E-state index in [4.69, 9.17) is 15.8 Å². The highest BCUT2D eigenvalue weighted by molar-refractivity contribution is 5.89. The van der Waals surface area contributed by atoms with Gasteiger partial charge in [0.15, 0.2) is 11.5 Å². The number of likely N-dealkylation sites (tertiary alicyclic amines) is 1. The summed E-state index contributed by atoms with van der Waals surface area (Å²) in [6.07, 6.45) is 2.10. The molecule has 38 heavy (non-hydrogen) atoms. The van der Waals surface area contributed by atoms with Gasteiger partial charge in [-0.25, -0.2) is 27.7 Å². The predicted octanol–water partition coefficient (Wildman–Crippen LogP) is 2.53. The molecule has 0 saturated carbocycles. The first-order valence-corrected chi connectivity index (χ1v) is 12.1. The van der Waals surface area contributed by atoms with E-state index < -0.39 is 37.6 Å². The van der Waals surface area contributed by atoms with Crippen molar-refractivity contribution in [2.45, 2.75) is 32.7 Å². The highest BCUT2D eigenvalue weighted by Crippen LogP contribution is 2.32. The van der Waals surface area contributed by atoms with Crippen LogP contribution in [0.5, 0.6) is 0 Å². The van der Waals surface area contributed by atoms with E-state index in [2.05, 4.69) is 20.4 Å². The molecule has 0 bridgehead atoms. The molecule has 0 aliphatic carbocycles. The number of fused-ring (bicyclic) bond motifs is 2. The lowest BCUT2D eigenvalue weighted by atomic mass is 9.95. The van der Waals surface area contributed by atoms with Gasteiger partial charge in [-0.15, -0.1) is 5.10 Å². The van der Waals surface area contributed by atoms with Gasteiger partial charge < -0.3 is 25.6 Å². The summed E-state index contributed by atoms with van der Waals surface area (Å²) in [5, 5.41) is 15.7. The lowest BCUT2D eigenvalue weighted by Gasteiger charge is -2.36. The fourth-order valence-electron chi connectivity index (χ4n) is 4.40. The first-order valence-electron chi connectivity index (χ1n) is 12.1. The molecule has 4 aromatic heterocycles. The summed E-state index contributed by atoms with van der Waals surface area (Å²) in [5.74, 6) is -2.59. The topological polar surface area (TPSA) is 139 Å². The summed E-state index contributed by atoms with van der Waals surface area (Å²) < 4.78 is 42.5. The van der Waals surface area contributed by atoms with Gasteiger partial charge in [0, 0.05) is 31.3 Å². The number of aliphatic hydroxyl groups excluding tert-OH is 1. The van der Waals surface area contributed by atoms with Crippen molar-refractivity contribution in [2.24, 2.45) is 5.92 Å². The number of aromatic nitrogens is 6. The maximum Gasteiger partial charge on any atom is 0.267 e. The number of pyridine rings is 1. The van der Waals surface area contributed by atoms with Gasteiger partial charge in [0.25, 0.3) is 5.92 Å². The number of alkyl halides is 3. The minimum absolute atomic E-state index is 0.180. The van der Waals surface area contributed by atoms with Gasteiger partial charge in [-0.3, -0.25) is 4.79 Å². The van der Waals surface area contributed by atoms with Gasteiger partial charge in [-0.2, -0.15) is 4.98 Å². The summed E-state index contributed by atoms with van der Waals surface area (Å²) in [7, 11) is 1.77. The molecule has 4 aromatic rings. The van der Waals surface area contributed by atoms with Crippen LogP contribution in [0.1, 0.15) is 19.2 Å². The SMILES string of the molecule is CC1CCN(C(=O)CO)CC1(F)F.CNc1nc(N)nn2ccc(-c3ccc4nc(C)n(CCF)c4n3)c12. The smallest absolute Gasteiger partial charge is 0.267 e. The fraction of sp³-hybridized carbons (Fsp3) is 0.458. The summed E-state index contributed by atoms with van der Waals surface area (Å²) >= 11 is 0. The number of amides is 1. The molecule has 1 aliphatic heterocycles. The van der Waals surface area contributed by atoms with Gasteiger partial charge in [0.2, 0.25) is 11.9 Å². The van der Waals surface area contributed by atoms with Crippen molar-refractivity contribution in [2.75, 3.05) is 44.5 Å². The molecule has 0 spiro atoms. The molecule has 11 nitrogen and oxygen atoms in total. The Labute approximate surface area is 216 Å². The van der Waals surface area contributed by atoms with E-state index in [1.807, 2.05) is 25.1 Å². The normalized spacial score (nSPS) is 16.9. The molecule has 0 radical (unpaired) electrons. The van der Waals surface area contributed by atoms with Gasteiger partial charge in [0.05, 0.1) is 18.8 Å². The van der Waals surface area contributed by atoms with Crippen molar-refractivity contribution in [3.8, 4) is 11.3 Å². The van der Waals surface area contributed by atoms with Gasteiger partial charge in [-0.1, -0.05) is 6.92 Å². The van der Waals surface area contributed by atoms with Crippen LogP contribution < -0.4 is 11.1 Å². The molecule has 1 unspecified atom stereocenters. The Bertz CT molecular complexity index is 1450. The number of aryl methyl sites for hydroxylation is 2. The van der Waals surface area contributed by atoms with E-state index in [9.17, 15) is 18.0 Å². The van der Waals surface area contributed by atoms with Crippen molar-refractivity contribution in [1.29, 1.82) is 0 Å². The first-order chi connectivity index (χ1) is 18.1. The van der Waals surface area contributed by atoms with Crippen LogP contribution in [0.4, 0.5) is 24.9 Å². The number of imidazole rings is 1. The van der Waals surface area contributed by atoms with E-state index in [-0.39, 0.29) is 12.5 Å². The number of carbonyl (C=O) groups is 1. The van der Waals surface area contributed by atoms with Crippen molar-refractivity contribution in [3.05, 3.63) is 30.2 Å². The molecule has 1 aliphatic rings.